The molecule has 126 valence electrons. The molecule has 24 heavy (non-hydrogen) atoms. The van der Waals surface area contributed by atoms with E-state index in [2.05, 4.69) is 15.9 Å². The van der Waals surface area contributed by atoms with Crippen molar-refractivity contribution in [2.45, 2.75) is 6.42 Å². The van der Waals surface area contributed by atoms with Gasteiger partial charge in [-0.1, -0.05) is 34.1 Å². The Kier molecular flexibility index (Phi) is 5.41. The van der Waals surface area contributed by atoms with Crippen molar-refractivity contribution in [2.24, 2.45) is 5.92 Å². The maximum absolute atomic E-state index is 12.6. The van der Waals surface area contributed by atoms with Crippen LogP contribution in [0.2, 0.25) is 0 Å². The predicted octanol–water partition coefficient (Wildman–Crippen LogP) is 3.54. The number of rotatable bonds is 5. The number of para-hydroxylation sites is 1. The van der Waals surface area contributed by atoms with Gasteiger partial charge in [0.05, 0.1) is 12.5 Å². The van der Waals surface area contributed by atoms with Gasteiger partial charge in [0.15, 0.2) is 0 Å². The first-order chi connectivity index (χ1) is 11.6. The monoisotopic (exact) mass is 389 g/mol. The van der Waals surface area contributed by atoms with Crippen LogP contribution in [0.3, 0.4) is 0 Å². The molecule has 0 N–H and O–H groups in total. The second-order valence-corrected chi connectivity index (χ2v) is 6.80. The predicted molar refractivity (Wildman–Crippen MR) is 96.4 cm³/mol. The fraction of sp³-hybridized carbons (Fsp3) is 0.316. The van der Waals surface area contributed by atoms with Gasteiger partial charge in [0.25, 0.3) is 0 Å². The third-order valence-corrected chi connectivity index (χ3v) is 4.64. The van der Waals surface area contributed by atoms with Gasteiger partial charge in [0.1, 0.15) is 24.7 Å². The van der Waals surface area contributed by atoms with E-state index in [9.17, 15) is 4.79 Å². The Morgan fingerprint density at radius 2 is 2.00 bits per heavy atom. The van der Waals surface area contributed by atoms with E-state index >= 15 is 0 Å². The van der Waals surface area contributed by atoms with Crippen LogP contribution in [0.4, 0.5) is 0 Å². The van der Waals surface area contributed by atoms with Crippen LogP contribution in [0.25, 0.3) is 0 Å². The Bertz CT molecular complexity index is 702. The van der Waals surface area contributed by atoms with E-state index in [0.717, 1.165) is 28.0 Å². The van der Waals surface area contributed by atoms with Crippen LogP contribution in [0.15, 0.2) is 53.0 Å². The summed E-state index contributed by atoms with van der Waals surface area (Å²) in [6, 6.07) is 15.6. The topological polar surface area (TPSA) is 38.8 Å². The summed E-state index contributed by atoms with van der Waals surface area (Å²) in [6.45, 7) is 1.45. The molecule has 1 heterocycles. The second kappa shape index (κ2) is 7.71. The summed E-state index contributed by atoms with van der Waals surface area (Å²) in [7, 11) is 1.81. The molecule has 0 bridgehead atoms. The normalized spacial score (nSPS) is 16.0. The molecule has 1 aliphatic rings. The van der Waals surface area contributed by atoms with Crippen molar-refractivity contribution in [2.75, 3.05) is 26.8 Å². The third-order valence-electron chi connectivity index (χ3n) is 4.11. The van der Waals surface area contributed by atoms with Crippen molar-refractivity contribution >= 4 is 21.8 Å². The molecule has 0 saturated heterocycles. The number of nitrogens with zero attached hydrogens (tertiary/aromatic N) is 1. The first-order valence-electron chi connectivity index (χ1n) is 7.97. The Morgan fingerprint density at radius 3 is 2.79 bits per heavy atom. The van der Waals surface area contributed by atoms with Crippen LogP contribution in [0.5, 0.6) is 11.5 Å². The zero-order valence-corrected chi connectivity index (χ0v) is 15.2. The van der Waals surface area contributed by atoms with Gasteiger partial charge in [-0.2, -0.15) is 0 Å². The quantitative estimate of drug-likeness (QED) is 0.784. The van der Waals surface area contributed by atoms with Gasteiger partial charge in [-0.15, -0.1) is 0 Å². The molecule has 1 atom stereocenters. The van der Waals surface area contributed by atoms with Crippen molar-refractivity contribution in [1.82, 2.24) is 4.90 Å². The number of hydrogen-bond acceptors (Lipinski definition) is 3. The molecule has 4 nitrogen and oxygen atoms in total. The molecule has 5 heteroatoms. The summed E-state index contributed by atoms with van der Waals surface area (Å²) >= 11 is 3.39. The SMILES string of the molecule is CN(CCOc1ccc(Br)cc1)C(=O)C1COc2ccccc2C1. The summed E-state index contributed by atoms with van der Waals surface area (Å²) in [4.78, 5) is 14.3. The lowest BCUT2D eigenvalue weighted by atomic mass is 9.95. The Morgan fingerprint density at radius 1 is 1.25 bits per heavy atom. The molecular formula is C19H20BrNO3. The maximum Gasteiger partial charge on any atom is 0.229 e. The molecular weight excluding hydrogens is 370 g/mol. The Balaban J connectivity index is 1.49. The third kappa shape index (κ3) is 4.09. The molecule has 2 aromatic rings. The Hall–Kier alpha value is -2.01. The number of fused-ring (bicyclic) bond motifs is 1. The average Bonchev–Trinajstić information content (AvgIpc) is 2.62. The lowest BCUT2D eigenvalue weighted by molar-refractivity contribution is -0.135. The van der Waals surface area contributed by atoms with Gasteiger partial charge in [0, 0.05) is 11.5 Å². The molecule has 1 aliphatic heterocycles. The standard InChI is InChI=1S/C19H20BrNO3/c1-21(10-11-23-17-8-6-16(20)7-9-17)19(22)15-12-14-4-2-3-5-18(14)24-13-15/h2-9,15H,10-13H2,1H3. The lowest BCUT2D eigenvalue weighted by Gasteiger charge is -2.28. The molecule has 0 aliphatic carbocycles. The zero-order valence-electron chi connectivity index (χ0n) is 13.6. The first-order valence-corrected chi connectivity index (χ1v) is 8.77. The minimum atomic E-state index is -0.127. The molecule has 2 aromatic carbocycles. The molecule has 0 radical (unpaired) electrons. The van der Waals surface area contributed by atoms with E-state index < -0.39 is 0 Å². The number of ether oxygens (including phenoxy) is 2. The molecule has 1 amide bonds. The highest BCUT2D eigenvalue weighted by atomic mass is 79.9. The zero-order chi connectivity index (χ0) is 16.9. The van der Waals surface area contributed by atoms with Gasteiger partial charge in [-0.25, -0.2) is 0 Å². The smallest absolute Gasteiger partial charge is 0.229 e. The number of amides is 1. The van der Waals surface area contributed by atoms with E-state index in [1.165, 1.54) is 0 Å². The van der Waals surface area contributed by atoms with Gasteiger partial charge in [-0.3, -0.25) is 4.79 Å². The molecule has 0 aromatic heterocycles. The number of carbonyl (C=O) groups is 1. The van der Waals surface area contributed by atoms with Gasteiger partial charge >= 0.3 is 0 Å². The molecule has 0 spiro atoms. The van der Waals surface area contributed by atoms with Crippen LogP contribution in [-0.4, -0.2) is 37.6 Å². The van der Waals surface area contributed by atoms with Crippen molar-refractivity contribution < 1.29 is 14.3 Å². The van der Waals surface area contributed by atoms with Crippen molar-refractivity contribution in [1.29, 1.82) is 0 Å². The molecule has 0 fully saturated rings. The summed E-state index contributed by atoms with van der Waals surface area (Å²) < 4.78 is 12.4. The Labute approximate surface area is 150 Å². The highest BCUT2D eigenvalue weighted by Crippen LogP contribution is 2.27. The lowest BCUT2D eigenvalue weighted by Crippen LogP contribution is -2.40. The second-order valence-electron chi connectivity index (χ2n) is 5.88. The fourth-order valence-corrected chi connectivity index (χ4v) is 3.00. The summed E-state index contributed by atoms with van der Waals surface area (Å²) in [5.41, 5.74) is 1.10. The van der Waals surface area contributed by atoms with E-state index in [-0.39, 0.29) is 11.8 Å². The largest absolute Gasteiger partial charge is 0.492 e. The maximum atomic E-state index is 12.6. The molecule has 3 rings (SSSR count). The van der Waals surface area contributed by atoms with Crippen molar-refractivity contribution in [3.8, 4) is 11.5 Å². The molecule has 0 saturated carbocycles. The minimum Gasteiger partial charge on any atom is -0.492 e. The summed E-state index contributed by atoms with van der Waals surface area (Å²) in [6.07, 6.45) is 0.729. The number of halogens is 1. The van der Waals surface area contributed by atoms with E-state index in [1.807, 2.05) is 55.6 Å². The number of likely N-dealkylation sites (N-methyl/N-ethyl adjacent to an activating group) is 1. The van der Waals surface area contributed by atoms with Gasteiger partial charge in [-0.05, 0) is 42.3 Å². The van der Waals surface area contributed by atoms with Crippen molar-refractivity contribution in [3.05, 3.63) is 58.6 Å². The van der Waals surface area contributed by atoms with Crippen LogP contribution >= 0.6 is 15.9 Å². The summed E-state index contributed by atoms with van der Waals surface area (Å²) in [5, 5.41) is 0. The van der Waals surface area contributed by atoms with Crippen molar-refractivity contribution in [3.63, 3.8) is 0 Å². The summed E-state index contributed by atoms with van der Waals surface area (Å²) in [5.74, 6) is 1.67. The van der Waals surface area contributed by atoms with Crippen LogP contribution in [0.1, 0.15) is 5.56 Å². The van der Waals surface area contributed by atoms with Crippen LogP contribution in [-0.2, 0) is 11.2 Å². The van der Waals surface area contributed by atoms with E-state index in [4.69, 9.17) is 9.47 Å². The van der Waals surface area contributed by atoms with Crippen LogP contribution < -0.4 is 9.47 Å². The van der Waals surface area contributed by atoms with E-state index in [0.29, 0.717) is 19.8 Å². The number of hydrogen-bond donors (Lipinski definition) is 0. The average molecular weight is 390 g/mol. The van der Waals surface area contributed by atoms with Gasteiger partial charge in [0.2, 0.25) is 5.91 Å². The highest BCUT2D eigenvalue weighted by molar-refractivity contribution is 9.10. The van der Waals surface area contributed by atoms with E-state index in [1.54, 1.807) is 4.90 Å². The number of carbonyl (C=O) groups excluding carboxylic acids is 1. The molecule has 1 unspecified atom stereocenters. The fourth-order valence-electron chi connectivity index (χ4n) is 2.74. The van der Waals surface area contributed by atoms with Crippen LogP contribution in [0, 0.1) is 5.92 Å². The minimum absolute atomic E-state index is 0.101. The number of benzene rings is 2. The first kappa shape index (κ1) is 16.8. The van der Waals surface area contributed by atoms with Gasteiger partial charge < -0.3 is 14.4 Å². The highest BCUT2D eigenvalue weighted by Gasteiger charge is 2.27.